The Morgan fingerprint density at radius 1 is 1.89 bits per heavy atom. The van der Waals surface area contributed by atoms with Crippen LogP contribution in [-0.2, 0) is 6.42 Å². The van der Waals surface area contributed by atoms with Crippen molar-refractivity contribution in [2.24, 2.45) is 0 Å². The van der Waals surface area contributed by atoms with E-state index in [1.165, 1.54) is 0 Å². The average molecular weight is 233 g/mol. The van der Waals surface area contributed by atoms with Gasteiger partial charge in [0.2, 0.25) is 0 Å². The van der Waals surface area contributed by atoms with Crippen LogP contribution in [0.5, 0.6) is 0 Å². The average Bonchev–Trinajstić information content (AvgIpc) is 2.18. The van der Waals surface area contributed by atoms with E-state index in [2.05, 4.69) is 32.8 Å². The summed E-state index contributed by atoms with van der Waals surface area (Å²) in [7, 11) is 0. The lowest BCUT2D eigenvalue weighted by atomic mass is 10.3. The van der Waals surface area contributed by atoms with Gasteiger partial charge in [-0.1, -0.05) is 0 Å². The number of nitrogens with one attached hydrogen (secondary N) is 1. The third kappa shape index (κ3) is 1.42. The summed E-state index contributed by atoms with van der Waals surface area (Å²) in [5.74, 6) is 0. The number of hydrogen-bond acceptors (Lipinski definition) is 2. The van der Waals surface area contributed by atoms with Gasteiger partial charge in [-0.25, -0.2) is 0 Å². The highest BCUT2D eigenvalue weighted by molar-refractivity contribution is 14.1. The molecule has 9 heavy (non-hydrogen) atoms. The molecular formula is C5H4IN3. The molecule has 1 N–H and O–H groups in total. The zero-order valence-electron chi connectivity index (χ0n) is 4.56. The summed E-state index contributed by atoms with van der Waals surface area (Å²) >= 11 is 2.13. The van der Waals surface area contributed by atoms with E-state index in [1.807, 2.05) is 6.07 Å². The van der Waals surface area contributed by atoms with E-state index < -0.39 is 0 Å². The molecule has 0 saturated heterocycles. The van der Waals surface area contributed by atoms with Crippen LogP contribution in [0.15, 0.2) is 6.20 Å². The summed E-state index contributed by atoms with van der Waals surface area (Å²) in [6.07, 6.45) is 2.12. The van der Waals surface area contributed by atoms with Crippen molar-refractivity contribution < 1.29 is 0 Å². The smallest absolute Gasteiger partial charge is 0.0779 e. The van der Waals surface area contributed by atoms with Crippen LogP contribution >= 0.6 is 22.6 Å². The molecular weight excluding hydrogens is 229 g/mol. The van der Waals surface area contributed by atoms with E-state index in [9.17, 15) is 0 Å². The first-order valence-electron chi connectivity index (χ1n) is 2.39. The first-order chi connectivity index (χ1) is 4.34. The Morgan fingerprint density at radius 2 is 2.67 bits per heavy atom. The first kappa shape index (κ1) is 6.55. The summed E-state index contributed by atoms with van der Waals surface area (Å²) in [6, 6.07) is 2.03. The number of nitrogens with zero attached hydrogens (tertiary/aromatic N) is 2. The van der Waals surface area contributed by atoms with Crippen LogP contribution in [0, 0.1) is 14.9 Å². The Balaban J connectivity index is 2.84. The van der Waals surface area contributed by atoms with Crippen LogP contribution in [0.3, 0.4) is 0 Å². The number of hydrogen-bond donors (Lipinski definition) is 1. The standard InChI is InChI=1S/C5H4IN3/c6-4-3-8-9-5(4)1-2-7/h3H,1H2,(H,8,9). The number of aromatic nitrogens is 2. The fourth-order valence-electron chi connectivity index (χ4n) is 0.501. The highest BCUT2D eigenvalue weighted by Crippen LogP contribution is 2.06. The normalized spacial score (nSPS) is 8.89. The topological polar surface area (TPSA) is 52.5 Å². The number of halogens is 1. The van der Waals surface area contributed by atoms with Crippen molar-refractivity contribution >= 4 is 22.6 Å². The van der Waals surface area contributed by atoms with Crippen molar-refractivity contribution in [1.82, 2.24) is 10.2 Å². The van der Waals surface area contributed by atoms with Gasteiger partial charge in [-0.3, -0.25) is 5.10 Å². The highest BCUT2D eigenvalue weighted by Gasteiger charge is 1.97. The molecule has 1 heterocycles. The van der Waals surface area contributed by atoms with Crippen molar-refractivity contribution in [3.05, 3.63) is 15.5 Å². The summed E-state index contributed by atoms with van der Waals surface area (Å²) in [4.78, 5) is 0. The molecule has 0 aliphatic heterocycles. The van der Waals surface area contributed by atoms with Gasteiger partial charge in [-0.15, -0.1) is 0 Å². The third-order valence-corrected chi connectivity index (χ3v) is 1.85. The van der Waals surface area contributed by atoms with Gasteiger partial charge in [0, 0.05) is 0 Å². The molecule has 0 bridgehead atoms. The van der Waals surface area contributed by atoms with Crippen molar-refractivity contribution in [3.8, 4) is 6.07 Å². The molecule has 0 aliphatic rings. The largest absolute Gasteiger partial charge is 0.280 e. The first-order valence-corrected chi connectivity index (χ1v) is 3.47. The molecule has 46 valence electrons. The predicted octanol–water partition coefficient (Wildman–Crippen LogP) is 1.08. The van der Waals surface area contributed by atoms with Crippen LogP contribution in [0.4, 0.5) is 0 Å². The fourth-order valence-corrected chi connectivity index (χ4v) is 0.952. The molecule has 0 aromatic carbocycles. The number of nitriles is 1. The molecule has 1 rings (SSSR count). The third-order valence-electron chi connectivity index (χ3n) is 0.922. The molecule has 0 amide bonds. The summed E-state index contributed by atoms with van der Waals surface area (Å²) in [5, 5.41) is 14.7. The predicted molar refractivity (Wildman–Crippen MR) is 40.6 cm³/mol. The second-order valence-corrected chi connectivity index (χ2v) is 2.69. The minimum atomic E-state index is 0.415. The van der Waals surface area contributed by atoms with Crippen LogP contribution in [0.25, 0.3) is 0 Å². The van der Waals surface area contributed by atoms with Crippen molar-refractivity contribution in [1.29, 1.82) is 5.26 Å². The van der Waals surface area contributed by atoms with E-state index >= 15 is 0 Å². The molecule has 0 spiro atoms. The molecule has 1 aromatic rings. The zero-order valence-corrected chi connectivity index (χ0v) is 6.71. The maximum absolute atomic E-state index is 8.26. The summed E-state index contributed by atoms with van der Waals surface area (Å²) in [5.41, 5.74) is 0.901. The van der Waals surface area contributed by atoms with Gasteiger partial charge in [0.25, 0.3) is 0 Å². The second-order valence-electron chi connectivity index (χ2n) is 1.53. The van der Waals surface area contributed by atoms with Crippen LogP contribution in [0.2, 0.25) is 0 Å². The Bertz CT molecular complexity index is 235. The number of rotatable bonds is 1. The lowest BCUT2D eigenvalue weighted by molar-refractivity contribution is 1.01. The zero-order chi connectivity index (χ0) is 6.69. The van der Waals surface area contributed by atoms with E-state index in [0.29, 0.717) is 6.42 Å². The molecule has 1 aromatic heterocycles. The van der Waals surface area contributed by atoms with Gasteiger partial charge < -0.3 is 0 Å². The molecule has 4 heteroatoms. The van der Waals surface area contributed by atoms with Gasteiger partial charge in [0.05, 0.1) is 28.0 Å². The van der Waals surface area contributed by atoms with Gasteiger partial charge in [0.15, 0.2) is 0 Å². The number of aromatic amines is 1. The number of H-pyrrole nitrogens is 1. The van der Waals surface area contributed by atoms with Gasteiger partial charge in [-0.05, 0) is 22.6 Å². The van der Waals surface area contributed by atoms with Crippen molar-refractivity contribution in [3.63, 3.8) is 0 Å². The van der Waals surface area contributed by atoms with E-state index in [4.69, 9.17) is 5.26 Å². The molecule has 0 saturated carbocycles. The maximum Gasteiger partial charge on any atom is 0.0779 e. The van der Waals surface area contributed by atoms with Crippen molar-refractivity contribution in [2.45, 2.75) is 6.42 Å². The molecule has 0 fully saturated rings. The van der Waals surface area contributed by atoms with Crippen LogP contribution < -0.4 is 0 Å². The van der Waals surface area contributed by atoms with Crippen LogP contribution in [0.1, 0.15) is 5.69 Å². The molecule has 0 unspecified atom stereocenters. The quantitative estimate of drug-likeness (QED) is 0.738. The SMILES string of the molecule is N#CCc1[nH]ncc1I. The maximum atomic E-state index is 8.26. The van der Waals surface area contributed by atoms with E-state index in [0.717, 1.165) is 9.26 Å². The van der Waals surface area contributed by atoms with Crippen molar-refractivity contribution in [2.75, 3.05) is 0 Å². The lowest BCUT2D eigenvalue weighted by Gasteiger charge is -1.83. The van der Waals surface area contributed by atoms with E-state index in [1.54, 1.807) is 6.20 Å². The molecule has 0 atom stereocenters. The molecule has 0 aliphatic carbocycles. The molecule has 3 nitrogen and oxygen atoms in total. The van der Waals surface area contributed by atoms with Gasteiger partial charge >= 0.3 is 0 Å². The summed E-state index contributed by atoms with van der Waals surface area (Å²) < 4.78 is 1.02. The van der Waals surface area contributed by atoms with Gasteiger partial charge in [0.1, 0.15) is 0 Å². The highest BCUT2D eigenvalue weighted by atomic mass is 127. The minimum Gasteiger partial charge on any atom is -0.280 e. The lowest BCUT2D eigenvalue weighted by Crippen LogP contribution is -1.82. The fraction of sp³-hybridized carbons (Fsp3) is 0.200. The van der Waals surface area contributed by atoms with Crippen LogP contribution in [-0.4, -0.2) is 10.2 Å². The summed E-state index contributed by atoms with van der Waals surface area (Å²) in [6.45, 7) is 0. The Hall–Kier alpha value is -0.570. The second kappa shape index (κ2) is 2.82. The Morgan fingerprint density at radius 3 is 3.11 bits per heavy atom. The molecule has 0 radical (unpaired) electrons. The Labute approximate surface area is 66.2 Å². The Kier molecular flexibility index (Phi) is 2.05. The minimum absolute atomic E-state index is 0.415. The monoisotopic (exact) mass is 233 g/mol. The van der Waals surface area contributed by atoms with E-state index in [-0.39, 0.29) is 0 Å². The van der Waals surface area contributed by atoms with Gasteiger partial charge in [-0.2, -0.15) is 10.4 Å².